The molecule has 58 heavy (non-hydrogen) atoms. The van der Waals surface area contributed by atoms with Crippen molar-refractivity contribution in [3.05, 3.63) is 233 Å². The molecule has 2 N–H and O–H groups in total. The van der Waals surface area contributed by atoms with Gasteiger partial charge in [0.15, 0.2) is 5.84 Å². The molecule has 1 aromatic heterocycles. The van der Waals surface area contributed by atoms with Crippen LogP contribution in [0.5, 0.6) is 0 Å². The fraction of sp³-hybridized carbons (Fsp3) is 0.0377. The van der Waals surface area contributed by atoms with E-state index >= 15 is 0 Å². The van der Waals surface area contributed by atoms with Gasteiger partial charge >= 0.3 is 0 Å². The molecule has 11 rings (SSSR count). The lowest BCUT2D eigenvalue weighted by Gasteiger charge is -2.40. The van der Waals surface area contributed by atoms with Crippen molar-refractivity contribution in [2.75, 3.05) is 0 Å². The number of benzene rings is 8. The lowest BCUT2D eigenvalue weighted by Crippen LogP contribution is -2.32. The van der Waals surface area contributed by atoms with E-state index in [4.69, 9.17) is 20.7 Å². The predicted octanol–water partition coefficient (Wildman–Crippen LogP) is 12.2. The highest BCUT2D eigenvalue weighted by Gasteiger charge is 2.50. The number of aromatic nitrogens is 1. The van der Waals surface area contributed by atoms with Crippen LogP contribution in [0, 0.1) is 0 Å². The molecule has 4 nitrogen and oxygen atoms in total. The molecule has 0 atom stereocenters. The van der Waals surface area contributed by atoms with Crippen molar-refractivity contribution in [1.29, 1.82) is 0 Å². The van der Waals surface area contributed by atoms with Crippen LogP contribution in [0.4, 0.5) is 0 Å². The predicted molar refractivity (Wildman–Crippen MR) is 240 cm³/mol. The van der Waals surface area contributed by atoms with Crippen LogP contribution in [0.1, 0.15) is 38.9 Å². The van der Waals surface area contributed by atoms with Crippen molar-refractivity contribution in [2.24, 2.45) is 15.7 Å². The summed E-state index contributed by atoms with van der Waals surface area (Å²) in [6.07, 6.45) is 0. The molecule has 8 aromatic carbocycles. The summed E-state index contributed by atoms with van der Waals surface area (Å²) in [5.41, 5.74) is 19.9. The lowest BCUT2D eigenvalue weighted by atomic mass is 9.67. The Kier molecular flexibility index (Phi) is 8.16. The maximum atomic E-state index is 6.88. The standard InChI is InChI=1S/C53H36N4S/c54-51(57-52(35-18-5-2-6-19-35)55-33-34-16-3-1-4-17-34)37-21-15-20-36(32-37)49-41-30-31-45-50(48(41)40-24-9-13-28-46(40)56-49)58-47-29-14-12-27-44(47)53(45)42-25-10-7-22-38(42)39-23-8-11-26-43(39)53/h1-32H,33H2,(H2,54,55,57). The van der Waals surface area contributed by atoms with Crippen LogP contribution in [0.25, 0.3) is 44.1 Å². The summed E-state index contributed by atoms with van der Waals surface area (Å²) in [6, 6.07) is 68.7. The SMILES string of the molecule is NC(=NC(=NCc1ccccc1)c1ccccc1)c1cccc(-c2nc3ccccc3c3c4c(ccc23)C2(c3ccccc3S4)c3ccccc3-c3ccccc32)c1. The first-order valence-electron chi connectivity index (χ1n) is 19.6. The number of hydrogen-bond acceptors (Lipinski definition) is 3. The molecule has 0 saturated carbocycles. The van der Waals surface area contributed by atoms with Crippen LogP contribution in [0.15, 0.2) is 214 Å². The Morgan fingerprint density at radius 3 is 1.97 bits per heavy atom. The normalized spacial score (nSPS) is 13.9. The number of para-hydroxylation sites is 1. The number of nitrogens with zero attached hydrogens (tertiary/aromatic N) is 3. The topological polar surface area (TPSA) is 63.6 Å². The Morgan fingerprint density at radius 1 is 0.552 bits per heavy atom. The molecule has 5 heteroatoms. The van der Waals surface area contributed by atoms with Crippen molar-refractivity contribution in [1.82, 2.24) is 4.98 Å². The third-order valence-electron chi connectivity index (χ3n) is 11.6. The van der Waals surface area contributed by atoms with Crippen LogP contribution in [0.3, 0.4) is 0 Å². The van der Waals surface area contributed by atoms with Gasteiger partial charge in [-0.2, -0.15) is 0 Å². The van der Waals surface area contributed by atoms with Crippen LogP contribution in [-0.4, -0.2) is 16.7 Å². The Morgan fingerprint density at radius 2 is 1.19 bits per heavy atom. The zero-order valence-corrected chi connectivity index (χ0v) is 32.3. The number of hydrogen-bond donors (Lipinski definition) is 1. The third kappa shape index (κ3) is 5.35. The van der Waals surface area contributed by atoms with Gasteiger partial charge in [0.05, 0.1) is 23.2 Å². The molecular formula is C53H36N4S. The fourth-order valence-electron chi connectivity index (χ4n) is 9.10. The van der Waals surface area contributed by atoms with Gasteiger partial charge in [-0.1, -0.05) is 188 Å². The molecule has 1 aliphatic carbocycles. The zero-order chi connectivity index (χ0) is 38.6. The van der Waals surface area contributed by atoms with E-state index in [0.29, 0.717) is 18.2 Å². The third-order valence-corrected chi connectivity index (χ3v) is 12.8. The number of amidine groups is 2. The summed E-state index contributed by atoms with van der Waals surface area (Å²) in [7, 11) is 0. The van der Waals surface area contributed by atoms with Crippen molar-refractivity contribution in [3.63, 3.8) is 0 Å². The van der Waals surface area contributed by atoms with Gasteiger partial charge < -0.3 is 5.73 Å². The molecular weight excluding hydrogens is 725 g/mol. The van der Waals surface area contributed by atoms with Gasteiger partial charge in [-0.3, -0.25) is 4.99 Å². The van der Waals surface area contributed by atoms with E-state index in [1.807, 2.05) is 72.4 Å². The van der Waals surface area contributed by atoms with E-state index in [1.165, 1.54) is 48.6 Å². The summed E-state index contributed by atoms with van der Waals surface area (Å²) < 4.78 is 0. The Balaban J connectivity index is 1.11. The first-order chi connectivity index (χ1) is 28.7. The number of pyridine rings is 1. The Labute approximate surface area is 341 Å². The van der Waals surface area contributed by atoms with Crippen LogP contribution in [0.2, 0.25) is 0 Å². The van der Waals surface area contributed by atoms with Gasteiger partial charge in [0, 0.05) is 42.6 Å². The molecule has 0 saturated heterocycles. The van der Waals surface area contributed by atoms with E-state index in [2.05, 4.69) is 133 Å². The molecule has 0 amide bonds. The second kappa shape index (κ2) is 13.8. The highest BCUT2D eigenvalue weighted by atomic mass is 32.2. The van der Waals surface area contributed by atoms with E-state index in [0.717, 1.165) is 44.2 Å². The average Bonchev–Trinajstić information content (AvgIpc) is 3.58. The molecule has 1 spiro atoms. The number of rotatable bonds is 5. The minimum atomic E-state index is -0.466. The van der Waals surface area contributed by atoms with Gasteiger partial charge in [-0.15, -0.1) is 0 Å². The lowest BCUT2D eigenvalue weighted by molar-refractivity contribution is 0.726. The maximum absolute atomic E-state index is 6.88. The van der Waals surface area contributed by atoms with Crippen LogP contribution >= 0.6 is 11.8 Å². The fourth-order valence-corrected chi connectivity index (χ4v) is 10.5. The minimum absolute atomic E-state index is 0.396. The summed E-state index contributed by atoms with van der Waals surface area (Å²) >= 11 is 1.88. The molecule has 9 aromatic rings. The van der Waals surface area contributed by atoms with Gasteiger partial charge in [-0.25, -0.2) is 9.98 Å². The molecule has 0 bridgehead atoms. The van der Waals surface area contributed by atoms with E-state index < -0.39 is 5.41 Å². The van der Waals surface area contributed by atoms with E-state index in [1.54, 1.807) is 0 Å². The van der Waals surface area contributed by atoms with Crippen LogP contribution < -0.4 is 5.73 Å². The summed E-state index contributed by atoms with van der Waals surface area (Å²) in [5.74, 6) is 0.988. The number of aliphatic imine (C=N–C) groups is 2. The van der Waals surface area contributed by atoms with Gasteiger partial charge in [0.1, 0.15) is 5.84 Å². The quantitative estimate of drug-likeness (QED) is 0.108. The summed E-state index contributed by atoms with van der Waals surface area (Å²) in [4.78, 5) is 17.8. The number of nitrogens with two attached hydrogens (primary N) is 1. The summed E-state index contributed by atoms with van der Waals surface area (Å²) in [6.45, 7) is 0.500. The molecule has 2 aliphatic rings. The van der Waals surface area contributed by atoms with E-state index in [-0.39, 0.29) is 0 Å². The Hall–Kier alpha value is -7.08. The highest BCUT2D eigenvalue weighted by Crippen LogP contribution is 2.63. The molecule has 274 valence electrons. The molecule has 0 unspecified atom stereocenters. The largest absolute Gasteiger partial charge is 0.383 e. The Bertz CT molecular complexity index is 3090. The maximum Gasteiger partial charge on any atom is 0.157 e. The van der Waals surface area contributed by atoms with Crippen molar-refractivity contribution in [2.45, 2.75) is 21.8 Å². The monoisotopic (exact) mass is 760 g/mol. The molecule has 2 heterocycles. The average molecular weight is 761 g/mol. The molecule has 0 fully saturated rings. The number of fused-ring (bicyclic) bond motifs is 13. The first kappa shape index (κ1) is 34.2. The summed E-state index contributed by atoms with van der Waals surface area (Å²) in [5, 5.41) is 3.45. The van der Waals surface area contributed by atoms with Crippen molar-refractivity contribution >= 4 is 45.1 Å². The molecule has 0 radical (unpaired) electrons. The minimum Gasteiger partial charge on any atom is -0.383 e. The molecule has 1 aliphatic heterocycles. The second-order valence-corrected chi connectivity index (χ2v) is 15.9. The van der Waals surface area contributed by atoms with Gasteiger partial charge in [0.25, 0.3) is 0 Å². The van der Waals surface area contributed by atoms with Gasteiger partial charge in [-0.05, 0) is 57.1 Å². The van der Waals surface area contributed by atoms with E-state index in [9.17, 15) is 0 Å². The van der Waals surface area contributed by atoms with Crippen molar-refractivity contribution in [3.8, 4) is 22.4 Å². The zero-order valence-electron chi connectivity index (χ0n) is 31.5. The smallest absolute Gasteiger partial charge is 0.157 e. The van der Waals surface area contributed by atoms with Crippen molar-refractivity contribution < 1.29 is 0 Å². The first-order valence-corrected chi connectivity index (χ1v) is 20.4. The van der Waals surface area contributed by atoms with Gasteiger partial charge in [0.2, 0.25) is 0 Å². The van der Waals surface area contributed by atoms with Crippen LogP contribution in [-0.2, 0) is 12.0 Å². The second-order valence-electron chi connectivity index (χ2n) is 14.9. The highest BCUT2D eigenvalue weighted by molar-refractivity contribution is 7.99.